The highest BCUT2D eigenvalue weighted by Gasteiger charge is 2.19. The molecule has 0 bridgehead atoms. The molecule has 0 radical (unpaired) electrons. The molecule has 0 fully saturated rings. The van der Waals surface area contributed by atoms with Crippen LogP contribution < -0.4 is 10.6 Å². The molecule has 0 saturated heterocycles. The third-order valence-electron chi connectivity index (χ3n) is 3.95. The minimum atomic E-state index is -0.136. The fourth-order valence-corrected chi connectivity index (χ4v) is 2.59. The van der Waals surface area contributed by atoms with Crippen LogP contribution in [0, 0.1) is 5.92 Å². The fraction of sp³-hybridized carbons (Fsp3) is 0.471. The second-order valence-electron chi connectivity index (χ2n) is 5.67. The van der Waals surface area contributed by atoms with Gasteiger partial charge >= 0.3 is 6.03 Å². The van der Waals surface area contributed by atoms with Crippen molar-refractivity contribution in [1.82, 2.24) is 10.6 Å². The number of amides is 2. The highest BCUT2D eigenvalue weighted by Crippen LogP contribution is 2.18. The Morgan fingerprint density at radius 1 is 1.33 bits per heavy atom. The van der Waals surface area contributed by atoms with Gasteiger partial charge in [-0.1, -0.05) is 49.4 Å². The Kier molecular flexibility index (Phi) is 5.81. The summed E-state index contributed by atoms with van der Waals surface area (Å²) in [5, 5.41) is 14.9. The van der Waals surface area contributed by atoms with Crippen LogP contribution in [0.15, 0.2) is 42.5 Å². The number of urea groups is 1. The van der Waals surface area contributed by atoms with Crippen molar-refractivity contribution >= 4 is 6.03 Å². The smallest absolute Gasteiger partial charge is 0.315 e. The molecular formula is C17H24N2O2. The molecule has 0 saturated carbocycles. The van der Waals surface area contributed by atoms with Crippen LogP contribution >= 0.6 is 0 Å². The fourth-order valence-electron chi connectivity index (χ4n) is 2.59. The van der Waals surface area contributed by atoms with Gasteiger partial charge in [0.05, 0.1) is 0 Å². The predicted octanol–water partition coefficient (Wildman–Crippen LogP) is 2.42. The Morgan fingerprint density at radius 3 is 2.76 bits per heavy atom. The lowest BCUT2D eigenvalue weighted by Crippen LogP contribution is -2.41. The Bertz CT molecular complexity index is 473. The van der Waals surface area contributed by atoms with Crippen LogP contribution in [-0.4, -0.2) is 30.3 Å². The van der Waals surface area contributed by atoms with Crippen molar-refractivity contribution in [2.24, 2.45) is 5.92 Å². The van der Waals surface area contributed by atoms with Gasteiger partial charge in [-0.15, -0.1) is 0 Å². The zero-order valence-corrected chi connectivity index (χ0v) is 12.5. The molecule has 3 atom stereocenters. The van der Waals surface area contributed by atoms with Crippen molar-refractivity contribution < 1.29 is 9.90 Å². The number of rotatable bonds is 6. The summed E-state index contributed by atoms with van der Waals surface area (Å²) < 4.78 is 0. The van der Waals surface area contributed by atoms with E-state index in [4.69, 9.17) is 5.11 Å². The number of carbonyl (C=O) groups excluding carboxylic acids is 1. The summed E-state index contributed by atoms with van der Waals surface area (Å²) in [6.07, 6.45) is 5.61. The van der Waals surface area contributed by atoms with E-state index in [2.05, 4.69) is 29.7 Å². The normalized spacial score (nSPS) is 22.0. The molecular weight excluding hydrogens is 264 g/mol. The average molecular weight is 288 g/mol. The number of nitrogens with one attached hydrogen (secondary N) is 2. The lowest BCUT2D eigenvalue weighted by Gasteiger charge is -2.15. The summed E-state index contributed by atoms with van der Waals surface area (Å²) in [6, 6.07) is 10.2. The van der Waals surface area contributed by atoms with Crippen molar-refractivity contribution in [3.05, 3.63) is 48.0 Å². The lowest BCUT2D eigenvalue weighted by molar-refractivity contribution is 0.231. The van der Waals surface area contributed by atoms with Crippen LogP contribution in [0.5, 0.6) is 0 Å². The Hall–Kier alpha value is -1.81. The first-order valence-corrected chi connectivity index (χ1v) is 7.57. The first-order chi connectivity index (χ1) is 10.2. The first kappa shape index (κ1) is 15.6. The SMILES string of the molecule is CC(CCNC(=O)N[C@@H]1C=C[C@H](CO)C1)c1ccccc1. The van der Waals surface area contributed by atoms with Crippen LogP contribution in [0.2, 0.25) is 0 Å². The average Bonchev–Trinajstić information content (AvgIpc) is 2.95. The number of aliphatic hydroxyl groups is 1. The monoisotopic (exact) mass is 288 g/mol. The first-order valence-electron chi connectivity index (χ1n) is 7.57. The molecule has 1 aliphatic rings. The number of hydrogen-bond donors (Lipinski definition) is 3. The predicted molar refractivity (Wildman–Crippen MR) is 84.1 cm³/mol. The van der Waals surface area contributed by atoms with Gasteiger partial charge in [0, 0.05) is 25.1 Å². The van der Waals surface area contributed by atoms with Crippen molar-refractivity contribution in [2.75, 3.05) is 13.2 Å². The van der Waals surface area contributed by atoms with Gasteiger partial charge in [-0.25, -0.2) is 4.79 Å². The molecule has 2 amide bonds. The summed E-state index contributed by atoms with van der Waals surface area (Å²) >= 11 is 0. The van der Waals surface area contributed by atoms with Crippen LogP contribution in [0.1, 0.15) is 31.2 Å². The van der Waals surface area contributed by atoms with Gasteiger partial charge in [0.25, 0.3) is 0 Å². The molecule has 0 aliphatic heterocycles. The number of aliphatic hydroxyl groups excluding tert-OH is 1. The molecule has 1 aliphatic carbocycles. The van der Waals surface area contributed by atoms with E-state index in [1.807, 2.05) is 30.4 Å². The number of carbonyl (C=O) groups is 1. The molecule has 0 aromatic heterocycles. The van der Waals surface area contributed by atoms with E-state index < -0.39 is 0 Å². The maximum Gasteiger partial charge on any atom is 0.315 e. The molecule has 0 heterocycles. The van der Waals surface area contributed by atoms with Crippen molar-refractivity contribution in [3.8, 4) is 0 Å². The van der Waals surface area contributed by atoms with E-state index >= 15 is 0 Å². The van der Waals surface area contributed by atoms with E-state index in [-0.39, 0.29) is 24.6 Å². The molecule has 114 valence electrons. The quantitative estimate of drug-likeness (QED) is 0.704. The molecule has 1 aromatic carbocycles. The third-order valence-corrected chi connectivity index (χ3v) is 3.95. The lowest BCUT2D eigenvalue weighted by atomic mass is 9.98. The second-order valence-corrected chi connectivity index (χ2v) is 5.67. The van der Waals surface area contributed by atoms with E-state index in [9.17, 15) is 4.79 Å². The molecule has 0 spiro atoms. The molecule has 2 rings (SSSR count). The summed E-state index contributed by atoms with van der Waals surface area (Å²) in [7, 11) is 0. The largest absolute Gasteiger partial charge is 0.396 e. The summed E-state index contributed by atoms with van der Waals surface area (Å²) in [5.41, 5.74) is 1.30. The van der Waals surface area contributed by atoms with Gasteiger partial charge in [0.1, 0.15) is 0 Å². The van der Waals surface area contributed by atoms with Crippen LogP contribution in [0.25, 0.3) is 0 Å². The molecule has 21 heavy (non-hydrogen) atoms. The van der Waals surface area contributed by atoms with Gasteiger partial charge < -0.3 is 15.7 Å². The van der Waals surface area contributed by atoms with Gasteiger partial charge in [-0.2, -0.15) is 0 Å². The number of hydrogen-bond acceptors (Lipinski definition) is 2. The van der Waals surface area contributed by atoms with Crippen molar-refractivity contribution in [2.45, 2.75) is 31.7 Å². The maximum atomic E-state index is 11.8. The van der Waals surface area contributed by atoms with Crippen molar-refractivity contribution in [3.63, 3.8) is 0 Å². The summed E-state index contributed by atoms with van der Waals surface area (Å²) in [6.45, 7) is 2.97. The van der Waals surface area contributed by atoms with Gasteiger partial charge in [0.15, 0.2) is 0 Å². The van der Waals surface area contributed by atoms with E-state index in [0.29, 0.717) is 12.5 Å². The molecule has 3 N–H and O–H groups in total. The molecule has 4 nitrogen and oxygen atoms in total. The van der Waals surface area contributed by atoms with Gasteiger partial charge in [0.2, 0.25) is 0 Å². The number of benzene rings is 1. The Labute approximate surface area is 126 Å². The molecule has 1 aromatic rings. The van der Waals surface area contributed by atoms with Gasteiger partial charge in [-0.3, -0.25) is 0 Å². The van der Waals surface area contributed by atoms with E-state index in [1.54, 1.807) is 0 Å². The zero-order valence-electron chi connectivity index (χ0n) is 12.5. The Morgan fingerprint density at radius 2 is 2.10 bits per heavy atom. The van der Waals surface area contributed by atoms with E-state index in [0.717, 1.165) is 12.8 Å². The van der Waals surface area contributed by atoms with Gasteiger partial charge in [-0.05, 0) is 24.3 Å². The maximum absolute atomic E-state index is 11.8. The standard InChI is InChI=1S/C17H24N2O2/c1-13(15-5-3-2-4-6-15)9-10-18-17(21)19-16-8-7-14(11-16)12-20/h2-8,13-14,16,20H,9-12H2,1H3,(H2,18,19,21)/t13?,14-,16+/m0/s1. The highest BCUT2D eigenvalue weighted by atomic mass is 16.3. The second kappa shape index (κ2) is 7.84. The Balaban J connectivity index is 1.65. The highest BCUT2D eigenvalue weighted by molar-refractivity contribution is 5.74. The van der Waals surface area contributed by atoms with Crippen LogP contribution in [0.3, 0.4) is 0 Å². The van der Waals surface area contributed by atoms with Crippen LogP contribution in [-0.2, 0) is 0 Å². The summed E-state index contributed by atoms with van der Waals surface area (Å²) in [5.74, 6) is 0.602. The summed E-state index contributed by atoms with van der Waals surface area (Å²) in [4.78, 5) is 11.8. The minimum absolute atomic E-state index is 0.0358. The molecule has 1 unspecified atom stereocenters. The third kappa shape index (κ3) is 4.90. The minimum Gasteiger partial charge on any atom is -0.396 e. The van der Waals surface area contributed by atoms with Crippen LogP contribution in [0.4, 0.5) is 4.79 Å². The van der Waals surface area contributed by atoms with Crippen molar-refractivity contribution in [1.29, 1.82) is 0 Å². The molecule has 4 heteroatoms. The zero-order chi connectivity index (χ0) is 15.1. The van der Waals surface area contributed by atoms with E-state index in [1.165, 1.54) is 5.56 Å². The topological polar surface area (TPSA) is 61.4 Å².